The van der Waals surface area contributed by atoms with E-state index in [1.165, 1.54) is 19.4 Å². The molecule has 0 aromatic carbocycles. The zero-order valence-corrected chi connectivity index (χ0v) is 10.6. The summed E-state index contributed by atoms with van der Waals surface area (Å²) in [4.78, 5) is 2.51. The van der Waals surface area contributed by atoms with Crippen LogP contribution in [0.4, 0.5) is 0 Å². The van der Waals surface area contributed by atoms with Crippen molar-refractivity contribution in [3.8, 4) is 0 Å². The molecular weight excluding hydrogens is 202 g/mol. The maximum atomic E-state index is 9.92. The van der Waals surface area contributed by atoms with Crippen LogP contribution in [0.25, 0.3) is 0 Å². The molecule has 2 aliphatic heterocycles. The fourth-order valence-electron chi connectivity index (χ4n) is 2.99. The summed E-state index contributed by atoms with van der Waals surface area (Å²) in [6, 6.07) is 0. The third-order valence-electron chi connectivity index (χ3n) is 3.91. The number of ether oxygens (including phenoxy) is 1. The smallest absolute Gasteiger partial charge is 0.0624 e. The van der Waals surface area contributed by atoms with Crippen LogP contribution in [0, 0.1) is 11.3 Å². The summed E-state index contributed by atoms with van der Waals surface area (Å²) in [7, 11) is 0. The van der Waals surface area contributed by atoms with Gasteiger partial charge >= 0.3 is 0 Å². The van der Waals surface area contributed by atoms with E-state index in [0.29, 0.717) is 11.3 Å². The first-order valence-electron chi connectivity index (χ1n) is 6.55. The monoisotopic (exact) mass is 227 g/mol. The van der Waals surface area contributed by atoms with E-state index in [-0.39, 0.29) is 6.10 Å². The molecule has 3 heteroatoms. The Hall–Kier alpha value is -0.120. The molecule has 1 N–H and O–H groups in total. The van der Waals surface area contributed by atoms with Crippen molar-refractivity contribution in [1.29, 1.82) is 0 Å². The molecule has 0 saturated carbocycles. The topological polar surface area (TPSA) is 32.7 Å². The Kier molecular flexibility index (Phi) is 3.88. The maximum Gasteiger partial charge on any atom is 0.0624 e. The largest absolute Gasteiger partial charge is 0.393 e. The molecule has 2 fully saturated rings. The molecule has 16 heavy (non-hydrogen) atoms. The molecule has 0 radical (unpaired) electrons. The van der Waals surface area contributed by atoms with Gasteiger partial charge in [0.15, 0.2) is 0 Å². The Bertz CT molecular complexity index is 230. The quantitative estimate of drug-likeness (QED) is 0.776. The molecular formula is C13H25NO2. The average Bonchev–Trinajstić information content (AvgIpc) is 2.20. The highest BCUT2D eigenvalue weighted by Crippen LogP contribution is 2.29. The first kappa shape index (κ1) is 12.3. The number of piperidine rings is 1. The first-order valence-corrected chi connectivity index (χ1v) is 6.55. The second-order valence-electron chi connectivity index (χ2n) is 6.19. The van der Waals surface area contributed by atoms with Crippen molar-refractivity contribution in [2.45, 2.75) is 39.2 Å². The van der Waals surface area contributed by atoms with E-state index in [1.54, 1.807) is 0 Å². The standard InChI is InChI=1S/C13H25NO2/c1-13(2)5-3-6-14(10-13)8-11-9-16-7-4-12(11)15/h11-12,15H,3-10H2,1-2H3. The lowest BCUT2D eigenvalue weighted by molar-refractivity contribution is -0.0527. The molecule has 0 bridgehead atoms. The SMILES string of the molecule is CC1(C)CCCN(CC2COCCC2O)C1. The summed E-state index contributed by atoms with van der Waals surface area (Å²) in [6.07, 6.45) is 3.27. The molecule has 2 saturated heterocycles. The van der Waals surface area contributed by atoms with E-state index in [4.69, 9.17) is 4.74 Å². The van der Waals surface area contributed by atoms with Gasteiger partial charge in [-0.15, -0.1) is 0 Å². The minimum atomic E-state index is -0.154. The molecule has 0 aromatic heterocycles. The van der Waals surface area contributed by atoms with Crippen molar-refractivity contribution in [3.63, 3.8) is 0 Å². The lowest BCUT2D eigenvalue weighted by Gasteiger charge is -2.41. The summed E-state index contributed by atoms with van der Waals surface area (Å²) >= 11 is 0. The number of hydrogen-bond acceptors (Lipinski definition) is 3. The highest BCUT2D eigenvalue weighted by molar-refractivity contribution is 4.83. The Morgan fingerprint density at radius 1 is 1.44 bits per heavy atom. The molecule has 2 aliphatic rings. The van der Waals surface area contributed by atoms with Gasteiger partial charge in [0.2, 0.25) is 0 Å². The van der Waals surface area contributed by atoms with Gasteiger partial charge in [-0.25, -0.2) is 0 Å². The van der Waals surface area contributed by atoms with Crippen molar-refractivity contribution >= 4 is 0 Å². The number of rotatable bonds is 2. The predicted octanol–water partition coefficient (Wildman–Crippen LogP) is 1.51. The highest BCUT2D eigenvalue weighted by Gasteiger charge is 2.30. The van der Waals surface area contributed by atoms with Gasteiger partial charge in [0, 0.05) is 25.6 Å². The zero-order valence-electron chi connectivity index (χ0n) is 10.6. The van der Waals surface area contributed by atoms with Crippen molar-refractivity contribution in [2.24, 2.45) is 11.3 Å². The summed E-state index contributed by atoms with van der Waals surface area (Å²) in [5, 5.41) is 9.92. The fraction of sp³-hybridized carbons (Fsp3) is 1.00. The van der Waals surface area contributed by atoms with Gasteiger partial charge in [0.05, 0.1) is 12.7 Å². The Labute approximate surface area is 98.8 Å². The molecule has 2 atom stereocenters. The summed E-state index contributed by atoms with van der Waals surface area (Å²) < 4.78 is 5.46. The van der Waals surface area contributed by atoms with E-state index >= 15 is 0 Å². The fourth-order valence-corrected chi connectivity index (χ4v) is 2.99. The number of aliphatic hydroxyl groups is 1. The van der Waals surface area contributed by atoms with Crippen LogP contribution in [0.1, 0.15) is 33.1 Å². The predicted molar refractivity (Wildman–Crippen MR) is 64.4 cm³/mol. The lowest BCUT2D eigenvalue weighted by atomic mass is 9.83. The molecule has 94 valence electrons. The third-order valence-corrected chi connectivity index (χ3v) is 3.91. The average molecular weight is 227 g/mol. The highest BCUT2D eigenvalue weighted by atomic mass is 16.5. The third kappa shape index (κ3) is 3.19. The molecule has 2 unspecified atom stereocenters. The summed E-state index contributed by atoms with van der Waals surface area (Å²) in [5.74, 6) is 0.322. The zero-order chi connectivity index (χ0) is 11.6. The minimum Gasteiger partial charge on any atom is -0.393 e. The molecule has 0 aliphatic carbocycles. The van der Waals surface area contributed by atoms with E-state index in [1.807, 2.05) is 0 Å². The van der Waals surface area contributed by atoms with Crippen LogP contribution < -0.4 is 0 Å². The van der Waals surface area contributed by atoms with Crippen LogP contribution in [-0.2, 0) is 4.74 Å². The summed E-state index contributed by atoms with van der Waals surface area (Å²) in [5.41, 5.74) is 0.443. The van der Waals surface area contributed by atoms with Crippen LogP contribution in [0.2, 0.25) is 0 Å². The summed E-state index contributed by atoms with van der Waals surface area (Å²) in [6.45, 7) is 9.49. The molecule has 0 amide bonds. The molecule has 0 spiro atoms. The maximum absolute atomic E-state index is 9.92. The van der Waals surface area contributed by atoms with Gasteiger partial charge in [-0.1, -0.05) is 13.8 Å². The molecule has 2 heterocycles. The van der Waals surface area contributed by atoms with Crippen LogP contribution in [0.5, 0.6) is 0 Å². The van der Waals surface area contributed by atoms with Gasteiger partial charge in [-0.3, -0.25) is 0 Å². The van der Waals surface area contributed by atoms with Gasteiger partial charge < -0.3 is 14.7 Å². The molecule has 2 rings (SSSR count). The lowest BCUT2D eigenvalue weighted by Crippen LogP contribution is -2.46. The van der Waals surface area contributed by atoms with Gasteiger partial charge in [0.25, 0.3) is 0 Å². The van der Waals surface area contributed by atoms with Crippen LogP contribution in [0.15, 0.2) is 0 Å². The van der Waals surface area contributed by atoms with Crippen molar-refractivity contribution < 1.29 is 9.84 Å². The normalized spacial score (nSPS) is 36.2. The number of hydrogen-bond donors (Lipinski definition) is 1. The van der Waals surface area contributed by atoms with E-state index in [2.05, 4.69) is 18.7 Å². The van der Waals surface area contributed by atoms with E-state index in [0.717, 1.165) is 32.7 Å². The molecule has 0 aromatic rings. The number of nitrogens with zero attached hydrogens (tertiary/aromatic N) is 1. The van der Waals surface area contributed by atoms with Crippen molar-refractivity contribution in [2.75, 3.05) is 32.8 Å². The van der Waals surface area contributed by atoms with Gasteiger partial charge in [-0.05, 0) is 31.2 Å². The number of aliphatic hydroxyl groups excluding tert-OH is 1. The van der Waals surface area contributed by atoms with Crippen LogP contribution in [0.3, 0.4) is 0 Å². The van der Waals surface area contributed by atoms with Crippen molar-refractivity contribution in [3.05, 3.63) is 0 Å². The van der Waals surface area contributed by atoms with Crippen molar-refractivity contribution in [1.82, 2.24) is 4.90 Å². The first-order chi connectivity index (χ1) is 7.57. The Balaban J connectivity index is 1.84. The number of likely N-dealkylation sites (tertiary alicyclic amines) is 1. The minimum absolute atomic E-state index is 0.154. The van der Waals surface area contributed by atoms with Gasteiger partial charge in [0.1, 0.15) is 0 Å². The second kappa shape index (κ2) is 5.03. The Morgan fingerprint density at radius 3 is 2.94 bits per heavy atom. The molecule has 3 nitrogen and oxygen atoms in total. The van der Waals surface area contributed by atoms with Crippen LogP contribution >= 0.6 is 0 Å². The van der Waals surface area contributed by atoms with Gasteiger partial charge in [-0.2, -0.15) is 0 Å². The second-order valence-corrected chi connectivity index (χ2v) is 6.19. The van der Waals surface area contributed by atoms with E-state index < -0.39 is 0 Å². The van der Waals surface area contributed by atoms with Crippen LogP contribution in [-0.4, -0.2) is 49.0 Å². The van der Waals surface area contributed by atoms with E-state index in [9.17, 15) is 5.11 Å². The Morgan fingerprint density at radius 2 is 2.25 bits per heavy atom.